The first-order valence-electron chi connectivity index (χ1n) is 9.81. The molecule has 0 aliphatic carbocycles. The largest absolute Gasteiger partial charge is 0.497 e. The van der Waals surface area contributed by atoms with Crippen LogP contribution in [-0.2, 0) is 17.9 Å². The van der Waals surface area contributed by atoms with Gasteiger partial charge in [0.1, 0.15) is 29.2 Å². The van der Waals surface area contributed by atoms with Gasteiger partial charge in [-0.05, 0) is 36.4 Å². The number of carbonyl (C=O) groups excluding carboxylic acids is 1. The van der Waals surface area contributed by atoms with Crippen LogP contribution in [0.3, 0.4) is 0 Å². The lowest BCUT2D eigenvalue weighted by molar-refractivity contribution is -0.121. The van der Waals surface area contributed by atoms with Crippen molar-refractivity contribution in [1.29, 1.82) is 0 Å². The van der Waals surface area contributed by atoms with Crippen molar-refractivity contribution in [2.75, 3.05) is 7.11 Å². The van der Waals surface area contributed by atoms with Gasteiger partial charge in [0.2, 0.25) is 11.5 Å². The number of nitrogens with zero attached hydrogens (tertiary/aromatic N) is 4. The molecule has 0 aliphatic rings. The summed E-state index contributed by atoms with van der Waals surface area (Å²) in [5.74, 6) is 1.36. The molecule has 0 fully saturated rings. The van der Waals surface area contributed by atoms with E-state index in [2.05, 4.69) is 25.5 Å². The van der Waals surface area contributed by atoms with Gasteiger partial charge in [0.25, 0.3) is 5.56 Å². The summed E-state index contributed by atoms with van der Waals surface area (Å²) in [4.78, 5) is 33.8. The predicted octanol–water partition coefficient (Wildman–Crippen LogP) is 2.25. The average Bonchev–Trinajstić information content (AvgIpc) is 3.45. The molecule has 0 spiro atoms. The zero-order valence-corrected chi connectivity index (χ0v) is 17.0. The number of furan rings is 1. The topological polar surface area (TPSA) is 128 Å². The number of methoxy groups -OCH3 is 1. The maximum absolute atomic E-state index is 12.7. The Morgan fingerprint density at radius 1 is 1.19 bits per heavy atom. The fourth-order valence-electron chi connectivity index (χ4n) is 3.36. The fraction of sp³-hybridized carbons (Fsp3) is 0.136. The summed E-state index contributed by atoms with van der Waals surface area (Å²) in [5.41, 5.74) is 1.59. The molecule has 0 saturated carbocycles. The Hall–Kier alpha value is -4.47. The number of carbonyl (C=O) groups is 1. The number of amides is 1. The van der Waals surface area contributed by atoms with Crippen molar-refractivity contribution < 1.29 is 13.9 Å². The van der Waals surface area contributed by atoms with Crippen molar-refractivity contribution in [1.82, 2.24) is 30.0 Å². The molecule has 3 aromatic heterocycles. The smallest absolute Gasteiger partial charge is 0.297 e. The summed E-state index contributed by atoms with van der Waals surface area (Å²) in [6.45, 7) is -0.0602. The van der Waals surface area contributed by atoms with E-state index in [0.717, 1.165) is 16.7 Å². The summed E-state index contributed by atoms with van der Waals surface area (Å²) in [7, 11) is 1.60. The van der Waals surface area contributed by atoms with Crippen LogP contribution in [0.15, 0.2) is 64.1 Å². The number of fused-ring (bicyclic) bond motifs is 3. The molecule has 0 saturated heterocycles. The van der Waals surface area contributed by atoms with Crippen molar-refractivity contribution >= 4 is 28.0 Å². The van der Waals surface area contributed by atoms with Crippen molar-refractivity contribution in [3.63, 3.8) is 0 Å². The lowest BCUT2D eigenvalue weighted by Crippen LogP contribution is -2.32. The molecule has 0 radical (unpaired) electrons. The van der Waals surface area contributed by atoms with Crippen LogP contribution in [0.1, 0.15) is 5.82 Å². The van der Waals surface area contributed by atoms with Crippen LogP contribution in [0.5, 0.6) is 5.75 Å². The lowest BCUT2D eigenvalue weighted by Gasteiger charge is -2.05. The quantitative estimate of drug-likeness (QED) is 0.423. The molecule has 2 aromatic carbocycles. The summed E-state index contributed by atoms with van der Waals surface area (Å²) >= 11 is 0. The molecule has 1 amide bonds. The molecule has 5 aromatic rings. The molecule has 32 heavy (non-hydrogen) atoms. The molecule has 10 nitrogen and oxygen atoms in total. The summed E-state index contributed by atoms with van der Waals surface area (Å²) in [6.07, 6.45) is 1.35. The second-order valence-corrected chi connectivity index (χ2v) is 7.06. The zero-order valence-electron chi connectivity index (χ0n) is 17.0. The lowest BCUT2D eigenvalue weighted by atomic mass is 10.2. The van der Waals surface area contributed by atoms with Crippen LogP contribution < -0.4 is 15.6 Å². The van der Waals surface area contributed by atoms with E-state index in [-0.39, 0.29) is 24.6 Å². The van der Waals surface area contributed by atoms with Gasteiger partial charge in [-0.3, -0.25) is 19.3 Å². The second kappa shape index (κ2) is 7.99. The van der Waals surface area contributed by atoms with Gasteiger partial charge >= 0.3 is 0 Å². The van der Waals surface area contributed by atoms with Crippen LogP contribution in [0, 0.1) is 0 Å². The molecule has 10 heteroatoms. The molecule has 0 unspecified atom stereocenters. The van der Waals surface area contributed by atoms with Crippen LogP contribution in [0.2, 0.25) is 0 Å². The minimum Gasteiger partial charge on any atom is -0.497 e. The highest BCUT2D eigenvalue weighted by Gasteiger charge is 2.15. The number of rotatable bonds is 6. The molecular formula is C22H18N6O4. The van der Waals surface area contributed by atoms with Gasteiger partial charge in [0.05, 0.1) is 20.0 Å². The van der Waals surface area contributed by atoms with Gasteiger partial charge < -0.3 is 14.5 Å². The number of nitrogens with one attached hydrogen (secondary N) is 2. The normalized spacial score (nSPS) is 11.2. The molecule has 0 bridgehead atoms. The van der Waals surface area contributed by atoms with Crippen molar-refractivity contribution in [3.05, 3.63) is 71.0 Å². The first kappa shape index (κ1) is 19.5. The highest BCUT2D eigenvalue weighted by atomic mass is 16.5. The molecule has 3 heterocycles. The van der Waals surface area contributed by atoms with E-state index < -0.39 is 5.56 Å². The van der Waals surface area contributed by atoms with Gasteiger partial charge in [0.15, 0.2) is 5.82 Å². The third-order valence-corrected chi connectivity index (χ3v) is 5.00. The predicted molar refractivity (Wildman–Crippen MR) is 116 cm³/mol. The molecule has 160 valence electrons. The van der Waals surface area contributed by atoms with E-state index >= 15 is 0 Å². The molecular weight excluding hydrogens is 412 g/mol. The van der Waals surface area contributed by atoms with Crippen LogP contribution >= 0.6 is 0 Å². The number of ether oxygens (including phenoxy) is 1. The van der Waals surface area contributed by atoms with Crippen LogP contribution in [0.4, 0.5) is 0 Å². The molecule has 5 rings (SSSR count). The first-order chi connectivity index (χ1) is 15.6. The van der Waals surface area contributed by atoms with Gasteiger partial charge in [-0.25, -0.2) is 9.97 Å². The van der Waals surface area contributed by atoms with Crippen LogP contribution in [0.25, 0.3) is 33.5 Å². The number of benzene rings is 2. The molecule has 2 N–H and O–H groups in total. The Bertz CT molecular complexity index is 1480. The minimum absolute atomic E-state index is 0.126. The van der Waals surface area contributed by atoms with Gasteiger partial charge in [-0.2, -0.15) is 5.10 Å². The SMILES string of the molecule is COc1ccc(-c2n[nH]c(CNC(=O)Cn3cnc4c(oc5ccccc54)c3=O)n2)cc1. The monoisotopic (exact) mass is 430 g/mol. The number of hydrogen-bond acceptors (Lipinski definition) is 7. The highest BCUT2D eigenvalue weighted by molar-refractivity contribution is 6.01. The summed E-state index contributed by atoms with van der Waals surface area (Å²) < 4.78 is 12.0. The maximum atomic E-state index is 12.7. The highest BCUT2D eigenvalue weighted by Crippen LogP contribution is 2.24. The van der Waals surface area contributed by atoms with E-state index in [9.17, 15) is 9.59 Å². The third kappa shape index (κ3) is 3.58. The van der Waals surface area contributed by atoms with Crippen molar-refractivity contribution in [2.45, 2.75) is 13.1 Å². The Labute approximate surface area is 180 Å². The number of aromatic nitrogens is 5. The standard InChI is InChI=1S/C22H18N6O4/c1-31-14-8-6-13(7-9-14)21-25-17(26-27-21)10-23-18(29)11-28-12-24-19-15-4-2-3-5-16(15)32-20(19)22(28)30/h2-9,12H,10-11H2,1H3,(H,23,29)(H,25,26,27). The van der Waals surface area contributed by atoms with Crippen molar-refractivity contribution in [2.24, 2.45) is 0 Å². The molecule has 0 aliphatic heterocycles. The number of hydrogen-bond donors (Lipinski definition) is 2. The van der Waals surface area contributed by atoms with E-state index in [0.29, 0.717) is 22.7 Å². The van der Waals surface area contributed by atoms with Crippen LogP contribution in [-0.4, -0.2) is 37.7 Å². The van der Waals surface area contributed by atoms with Gasteiger partial charge in [-0.15, -0.1) is 0 Å². The average molecular weight is 430 g/mol. The number of H-pyrrole nitrogens is 1. The Morgan fingerprint density at radius 2 is 2.00 bits per heavy atom. The van der Waals surface area contributed by atoms with E-state index in [1.165, 1.54) is 10.9 Å². The van der Waals surface area contributed by atoms with Gasteiger partial charge in [0, 0.05) is 10.9 Å². The Morgan fingerprint density at radius 3 is 2.81 bits per heavy atom. The number of aromatic amines is 1. The Balaban J connectivity index is 1.26. The number of para-hydroxylation sites is 1. The Kier molecular flexibility index (Phi) is 4.86. The van der Waals surface area contributed by atoms with Crippen molar-refractivity contribution in [3.8, 4) is 17.1 Å². The molecule has 0 atom stereocenters. The summed E-state index contributed by atoms with van der Waals surface area (Å²) in [5, 5.41) is 10.4. The van der Waals surface area contributed by atoms with E-state index in [1.54, 1.807) is 13.2 Å². The minimum atomic E-state index is -0.414. The first-order valence-corrected chi connectivity index (χ1v) is 9.81. The fourth-order valence-corrected chi connectivity index (χ4v) is 3.36. The van der Waals surface area contributed by atoms with E-state index in [4.69, 9.17) is 9.15 Å². The third-order valence-electron chi connectivity index (χ3n) is 5.00. The maximum Gasteiger partial charge on any atom is 0.297 e. The summed E-state index contributed by atoms with van der Waals surface area (Å²) in [6, 6.07) is 14.6. The second-order valence-electron chi connectivity index (χ2n) is 7.06. The zero-order chi connectivity index (χ0) is 22.1. The van der Waals surface area contributed by atoms with E-state index in [1.807, 2.05) is 42.5 Å². The van der Waals surface area contributed by atoms with Gasteiger partial charge in [-0.1, -0.05) is 12.1 Å².